The molecule has 0 bridgehead atoms. The van der Waals surface area contributed by atoms with E-state index in [1.165, 1.54) is 12.1 Å². The molecule has 19 heavy (non-hydrogen) atoms. The van der Waals surface area contributed by atoms with Crippen molar-refractivity contribution in [3.8, 4) is 11.5 Å². The fraction of sp³-hybridized carbons (Fsp3) is 0.0769. The number of nitro benzene ring substituents is 1. The molecule has 0 atom stereocenters. The maximum atomic E-state index is 10.8. The van der Waals surface area contributed by atoms with Crippen LogP contribution in [0.15, 0.2) is 42.5 Å². The summed E-state index contributed by atoms with van der Waals surface area (Å²) in [6.07, 6.45) is 0. The van der Waals surface area contributed by atoms with Crippen molar-refractivity contribution in [3.05, 3.63) is 63.2 Å². The van der Waals surface area contributed by atoms with Gasteiger partial charge in [-0.3, -0.25) is 10.1 Å². The van der Waals surface area contributed by atoms with Gasteiger partial charge in [0.1, 0.15) is 11.5 Å². The van der Waals surface area contributed by atoms with Gasteiger partial charge in [0.15, 0.2) is 0 Å². The zero-order valence-corrected chi connectivity index (χ0v) is 11.2. The van der Waals surface area contributed by atoms with E-state index in [4.69, 9.17) is 27.9 Å². The summed E-state index contributed by atoms with van der Waals surface area (Å²) < 4.78 is 5.57. The van der Waals surface area contributed by atoms with E-state index in [1.807, 2.05) is 0 Å². The van der Waals surface area contributed by atoms with E-state index in [2.05, 4.69) is 0 Å². The molecule has 6 heteroatoms. The maximum absolute atomic E-state index is 10.8. The van der Waals surface area contributed by atoms with Gasteiger partial charge in [-0.05, 0) is 36.4 Å². The van der Waals surface area contributed by atoms with Crippen LogP contribution in [0.3, 0.4) is 0 Å². The predicted octanol–water partition coefficient (Wildman–Crippen LogP) is 4.78. The molecular weight excluding hydrogens is 289 g/mol. The van der Waals surface area contributed by atoms with Gasteiger partial charge in [-0.1, -0.05) is 11.6 Å². The minimum Gasteiger partial charge on any atom is -0.457 e. The molecule has 0 amide bonds. The average Bonchev–Trinajstić information content (AvgIpc) is 2.41. The Balaban J connectivity index is 2.26. The van der Waals surface area contributed by atoms with Crippen LogP contribution in [0.5, 0.6) is 11.5 Å². The standard InChI is InChI=1S/C13H9Cl2NO3/c14-8-9-7-12(5-6-13(9)16(17)18)19-11-3-1-10(15)2-4-11/h1-7H,8H2. The van der Waals surface area contributed by atoms with E-state index in [-0.39, 0.29) is 11.6 Å². The zero-order chi connectivity index (χ0) is 13.8. The molecule has 0 saturated carbocycles. The third kappa shape index (κ3) is 3.36. The molecule has 0 aromatic heterocycles. The number of benzene rings is 2. The van der Waals surface area contributed by atoms with Gasteiger partial charge in [0.05, 0.1) is 10.8 Å². The molecular formula is C13H9Cl2NO3. The van der Waals surface area contributed by atoms with Crippen molar-refractivity contribution < 1.29 is 9.66 Å². The Morgan fingerprint density at radius 2 is 1.74 bits per heavy atom. The Morgan fingerprint density at radius 1 is 1.11 bits per heavy atom. The van der Waals surface area contributed by atoms with Gasteiger partial charge in [-0.25, -0.2) is 0 Å². The molecule has 0 radical (unpaired) electrons. The Labute approximate surface area is 119 Å². The molecule has 0 fully saturated rings. The van der Waals surface area contributed by atoms with Crippen molar-refractivity contribution in [2.24, 2.45) is 0 Å². The van der Waals surface area contributed by atoms with Crippen LogP contribution in [-0.4, -0.2) is 4.92 Å². The number of nitro groups is 1. The summed E-state index contributed by atoms with van der Waals surface area (Å²) in [6.45, 7) is 0. The van der Waals surface area contributed by atoms with Crippen LogP contribution in [0.4, 0.5) is 5.69 Å². The van der Waals surface area contributed by atoms with E-state index in [0.717, 1.165) is 0 Å². The maximum Gasteiger partial charge on any atom is 0.274 e. The predicted molar refractivity (Wildman–Crippen MR) is 74.2 cm³/mol. The highest BCUT2D eigenvalue weighted by atomic mass is 35.5. The van der Waals surface area contributed by atoms with E-state index < -0.39 is 4.92 Å². The van der Waals surface area contributed by atoms with E-state index >= 15 is 0 Å². The second-order valence-electron chi connectivity index (χ2n) is 3.74. The molecule has 0 aliphatic rings. The normalized spacial score (nSPS) is 10.2. The number of ether oxygens (including phenoxy) is 1. The van der Waals surface area contributed by atoms with Gasteiger partial charge >= 0.3 is 0 Å². The molecule has 98 valence electrons. The molecule has 0 aliphatic carbocycles. The Hall–Kier alpha value is -1.78. The first-order valence-electron chi connectivity index (χ1n) is 5.37. The molecule has 2 aromatic rings. The third-order valence-corrected chi connectivity index (χ3v) is 2.98. The third-order valence-electron chi connectivity index (χ3n) is 2.44. The Bertz CT molecular complexity index is 599. The van der Waals surface area contributed by atoms with Crippen LogP contribution in [0, 0.1) is 10.1 Å². The fourth-order valence-corrected chi connectivity index (χ4v) is 1.89. The smallest absolute Gasteiger partial charge is 0.274 e. The van der Waals surface area contributed by atoms with Crippen LogP contribution in [0.1, 0.15) is 5.56 Å². The highest BCUT2D eigenvalue weighted by molar-refractivity contribution is 6.30. The van der Waals surface area contributed by atoms with Crippen molar-refractivity contribution in [2.75, 3.05) is 0 Å². The quantitative estimate of drug-likeness (QED) is 0.463. The largest absolute Gasteiger partial charge is 0.457 e. The lowest BCUT2D eigenvalue weighted by molar-refractivity contribution is -0.385. The molecule has 0 spiro atoms. The van der Waals surface area contributed by atoms with Gasteiger partial charge in [0.25, 0.3) is 5.69 Å². The molecule has 0 unspecified atom stereocenters. The molecule has 0 heterocycles. The lowest BCUT2D eigenvalue weighted by Gasteiger charge is -2.07. The number of halogens is 2. The van der Waals surface area contributed by atoms with Crippen molar-refractivity contribution in [1.82, 2.24) is 0 Å². The SMILES string of the molecule is O=[N+]([O-])c1ccc(Oc2ccc(Cl)cc2)cc1CCl. The molecule has 4 nitrogen and oxygen atoms in total. The van der Waals surface area contributed by atoms with E-state index in [9.17, 15) is 10.1 Å². The summed E-state index contributed by atoms with van der Waals surface area (Å²) in [7, 11) is 0. The van der Waals surface area contributed by atoms with Gasteiger partial charge < -0.3 is 4.74 Å². The summed E-state index contributed by atoms with van der Waals surface area (Å²) in [4.78, 5) is 10.3. The zero-order valence-electron chi connectivity index (χ0n) is 9.68. The summed E-state index contributed by atoms with van der Waals surface area (Å²) >= 11 is 11.5. The van der Waals surface area contributed by atoms with Crippen LogP contribution in [0.25, 0.3) is 0 Å². The highest BCUT2D eigenvalue weighted by Crippen LogP contribution is 2.29. The first kappa shape index (κ1) is 13.6. The summed E-state index contributed by atoms with van der Waals surface area (Å²) in [6, 6.07) is 11.3. The number of rotatable bonds is 4. The van der Waals surface area contributed by atoms with Gasteiger partial charge in [0.2, 0.25) is 0 Å². The molecule has 2 rings (SSSR count). The van der Waals surface area contributed by atoms with E-state index in [1.54, 1.807) is 30.3 Å². The Kier molecular flexibility index (Phi) is 4.24. The van der Waals surface area contributed by atoms with Crippen LogP contribution in [-0.2, 0) is 5.88 Å². The lowest BCUT2D eigenvalue weighted by Crippen LogP contribution is -1.94. The number of alkyl halides is 1. The summed E-state index contributed by atoms with van der Waals surface area (Å²) in [5, 5.41) is 11.4. The molecule has 0 saturated heterocycles. The van der Waals surface area contributed by atoms with Crippen LogP contribution >= 0.6 is 23.2 Å². The van der Waals surface area contributed by atoms with Crippen LogP contribution < -0.4 is 4.74 Å². The first-order chi connectivity index (χ1) is 9.10. The first-order valence-corrected chi connectivity index (χ1v) is 6.28. The number of hydrogen-bond acceptors (Lipinski definition) is 3. The molecule has 0 N–H and O–H groups in total. The van der Waals surface area contributed by atoms with Crippen LogP contribution in [0.2, 0.25) is 5.02 Å². The summed E-state index contributed by atoms with van der Waals surface area (Å²) in [5.41, 5.74) is 0.400. The van der Waals surface area contributed by atoms with Crippen molar-refractivity contribution in [2.45, 2.75) is 5.88 Å². The lowest BCUT2D eigenvalue weighted by atomic mass is 10.2. The second-order valence-corrected chi connectivity index (χ2v) is 4.44. The topological polar surface area (TPSA) is 52.4 Å². The summed E-state index contributed by atoms with van der Waals surface area (Å²) in [5.74, 6) is 1.14. The number of nitrogens with zero attached hydrogens (tertiary/aromatic N) is 1. The molecule has 2 aromatic carbocycles. The van der Waals surface area contributed by atoms with E-state index in [0.29, 0.717) is 22.1 Å². The Morgan fingerprint density at radius 3 is 2.32 bits per heavy atom. The highest BCUT2D eigenvalue weighted by Gasteiger charge is 2.13. The number of hydrogen-bond donors (Lipinski definition) is 0. The fourth-order valence-electron chi connectivity index (χ4n) is 1.55. The minimum atomic E-state index is -0.468. The monoisotopic (exact) mass is 297 g/mol. The van der Waals surface area contributed by atoms with Gasteiger partial charge in [-0.2, -0.15) is 0 Å². The van der Waals surface area contributed by atoms with Crippen molar-refractivity contribution in [3.63, 3.8) is 0 Å². The van der Waals surface area contributed by atoms with Gasteiger partial charge in [-0.15, -0.1) is 11.6 Å². The van der Waals surface area contributed by atoms with Crippen molar-refractivity contribution in [1.29, 1.82) is 0 Å². The minimum absolute atomic E-state index is 0.0153. The van der Waals surface area contributed by atoms with Gasteiger partial charge in [0, 0.05) is 16.7 Å². The second kappa shape index (κ2) is 5.91. The average molecular weight is 298 g/mol. The molecule has 0 aliphatic heterocycles. The van der Waals surface area contributed by atoms with Crippen molar-refractivity contribution >= 4 is 28.9 Å².